The van der Waals surface area contributed by atoms with E-state index >= 15 is 0 Å². The van der Waals surface area contributed by atoms with Crippen molar-refractivity contribution in [1.29, 1.82) is 0 Å². The number of rotatable bonds is 6. The maximum Gasteiger partial charge on any atom is 0.416 e. The third kappa shape index (κ3) is 6.45. The largest absolute Gasteiger partial charge is 0.491 e. The van der Waals surface area contributed by atoms with Crippen LogP contribution in [0.5, 0.6) is 5.75 Å². The molecule has 2 N–H and O–H groups in total. The molecule has 8 heteroatoms. The number of hydrogen-bond donors (Lipinski definition) is 2. The molecule has 0 saturated carbocycles. The molecular weight excluding hydrogens is 409 g/mol. The van der Waals surface area contributed by atoms with E-state index in [2.05, 4.69) is 5.32 Å². The van der Waals surface area contributed by atoms with Crippen LogP contribution in [0.4, 0.5) is 18.9 Å². The highest BCUT2D eigenvalue weighted by Gasteiger charge is 2.35. The lowest BCUT2D eigenvalue weighted by Crippen LogP contribution is -2.53. The second kappa shape index (κ2) is 9.28. The summed E-state index contributed by atoms with van der Waals surface area (Å²) < 4.78 is 44.3. The molecule has 1 aliphatic heterocycles. The average molecular weight is 436 g/mol. The zero-order chi connectivity index (χ0) is 22.6. The number of β-amino-alcohol motifs (C(OH)–C–C–N with tert-alkyl or cyclic N) is 1. The van der Waals surface area contributed by atoms with Crippen LogP contribution in [0.25, 0.3) is 0 Å². The number of nitrogens with zero attached hydrogens (tertiary/aromatic N) is 1. The van der Waals surface area contributed by atoms with Crippen LogP contribution in [0.2, 0.25) is 0 Å². The summed E-state index contributed by atoms with van der Waals surface area (Å²) in [7, 11) is 0. The molecule has 3 rings (SSSR count). The normalized spacial score (nSPS) is 19.8. The van der Waals surface area contributed by atoms with Crippen LogP contribution in [0.1, 0.15) is 29.5 Å². The van der Waals surface area contributed by atoms with E-state index in [0.29, 0.717) is 25.1 Å². The number of anilines is 1. The third-order valence-corrected chi connectivity index (χ3v) is 5.46. The highest BCUT2D eigenvalue weighted by atomic mass is 19.4. The SMILES string of the molecule is Cc1ccc(OCC2(O)CCCN(CC(=O)Nc3cccc(C(F)(F)F)c3)C2)cc1C. The number of ether oxygens (including phenoxy) is 1. The summed E-state index contributed by atoms with van der Waals surface area (Å²) in [5, 5.41) is 13.4. The number of hydrogen-bond acceptors (Lipinski definition) is 4. The Morgan fingerprint density at radius 2 is 1.97 bits per heavy atom. The Morgan fingerprint density at radius 1 is 1.19 bits per heavy atom. The number of amides is 1. The lowest BCUT2D eigenvalue weighted by molar-refractivity contribution is -0.137. The fraction of sp³-hybridized carbons (Fsp3) is 0.435. The topological polar surface area (TPSA) is 61.8 Å². The van der Waals surface area contributed by atoms with E-state index in [1.807, 2.05) is 32.0 Å². The molecule has 2 aromatic rings. The average Bonchev–Trinajstić information content (AvgIpc) is 2.68. The van der Waals surface area contributed by atoms with Crippen LogP contribution in [-0.2, 0) is 11.0 Å². The van der Waals surface area contributed by atoms with E-state index in [4.69, 9.17) is 4.74 Å². The minimum absolute atomic E-state index is 0.0256. The van der Waals surface area contributed by atoms with E-state index in [0.717, 1.165) is 23.3 Å². The van der Waals surface area contributed by atoms with E-state index in [9.17, 15) is 23.1 Å². The first-order chi connectivity index (χ1) is 14.5. The Bertz CT molecular complexity index is 933. The molecule has 0 spiro atoms. The lowest BCUT2D eigenvalue weighted by Gasteiger charge is -2.38. The molecule has 1 atom stereocenters. The quantitative estimate of drug-likeness (QED) is 0.714. The zero-order valence-corrected chi connectivity index (χ0v) is 17.6. The predicted molar refractivity (Wildman–Crippen MR) is 112 cm³/mol. The van der Waals surface area contributed by atoms with Gasteiger partial charge in [-0.05, 0) is 74.7 Å². The first-order valence-corrected chi connectivity index (χ1v) is 10.2. The van der Waals surface area contributed by atoms with Crippen LogP contribution >= 0.6 is 0 Å². The van der Waals surface area contributed by atoms with Crippen LogP contribution in [0.3, 0.4) is 0 Å². The summed E-state index contributed by atoms with van der Waals surface area (Å²) in [5.41, 5.74) is 0.419. The third-order valence-electron chi connectivity index (χ3n) is 5.46. The van der Waals surface area contributed by atoms with Gasteiger partial charge in [-0.1, -0.05) is 12.1 Å². The van der Waals surface area contributed by atoms with Gasteiger partial charge >= 0.3 is 6.18 Å². The number of likely N-dealkylation sites (tertiary alicyclic amines) is 1. The van der Waals surface area contributed by atoms with Crippen molar-refractivity contribution >= 4 is 11.6 Å². The number of carbonyl (C=O) groups is 1. The number of benzene rings is 2. The summed E-state index contributed by atoms with van der Waals surface area (Å²) in [6.45, 7) is 4.93. The van der Waals surface area contributed by atoms with Crippen LogP contribution in [0.15, 0.2) is 42.5 Å². The van der Waals surface area contributed by atoms with Crippen molar-refractivity contribution in [2.24, 2.45) is 0 Å². The minimum atomic E-state index is -4.47. The van der Waals surface area contributed by atoms with Gasteiger partial charge in [-0.15, -0.1) is 0 Å². The second-order valence-corrected chi connectivity index (χ2v) is 8.20. The molecule has 2 aromatic carbocycles. The highest BCUT2D eigenvalue weighted by molar-refractivity contribution is 5.92. The monoisotopic (exact) mass is 436 g/mol. The number of alkyl halides is 3. The number of aryl methyl sites for hydroxylation is 2. The van der Waals surface area contributed by atoms with Gasteiger partial charge in [0.05, 0.1) is 12.1 Å². The summed E-state index contributed by atoms with van der Waals surface area (Å²) in [6.07, 6.45) is -3.24. The zero-order valence-electron chi connectivity index (χ0n) is 17.6. The van der Waals surface area contributed by atoms with Gasteiger partial charge in [-0.2, -0.15) is 13.2 Å². The lowest BCUT2D eigenvalue weighted by atomic mass is 9.93. The molecule has 1 fully saturated rings. The predicted octanol–water partition coefficient (Wildman–Crippen LogP) is 4.17. The van der Waals surface area contributed by atoms with Crippen molar-refractivity contribution in [3.05, 3.63) is 59.2 Å². The Morgan fingerprint density at radius 3 is 2.68 bits per heavy atom. The van der Waals surface area contributed by atoms with Gasteiger partial charge in [0.15, 0.2) is 0 Å². The van der Waals surface area contributed by atoms with Crippen molar-refractivity contribution < 1.29 is 27.8 Å². The molecule has 5 nitrogen and oxygen atoms in total. The molecule has 1 aliphatic rings. The van der Waals surface area contributed by atoms with Gasteiger partial charge in [0.2, 0.25) is 5.91 Å². The molecule has 0 radical (unpaired) electrons. The van der Waals surface area contributed by atoms with Gasteiger partial charge in [-0.3, -0.25) is 9.69 Å². The molecule has 1 unspecified atom stereocenters. The maximum absolute atomic E-state index is 12.8. The van der Waals surface area contributed by atoms with Gasteiger partial charge in [-0.25, -0.2) is 0 Å². The first kappa shape index (κ1) is 23.1. The van der Waals surface area contributed by atoms with E-state index in [1.54, 1.807) is 4.90 Å². The molecule has 0 aromatic heterocycles. The highest BCUT2D eigenvalue weighted by Crippen LogP contribution is 2.30. The fourth-order valence-electron chi connectivity index (χ4n) is 3.66. The van der Waals surface area contributed by atoms with Crippen molar-refractivity contribution in [3.8, 4) is 5.75 Å². The Kier molecular flexibility index (Phi) is 6.91. The molecule has 0 bridgehead atoms. The smallest absolute Gasteiger partial charge is 0.416 e. The first-order valence-electron chi connectivity index (χ1n) is 10.2. The maximum atomic E-state index is 12.8. The van der Waals surface area contributed by atoms with E-state index in [1.165, 1.54) is 12.1 Å². The number of aliphatic hydroxyl groups is 1. The molecular formula is C23H27F3N2O3. The van der Waals surface area contributed by atoms with Crippen LogP contribution in [-0.4, -0.2) is 47.8 Å². The van der Waals surface area contributed by atoms with Gasteiger partial charge in [0.25, 0.3) is 0 Å². The number of carbonyl (C=O) groups excluding carboxylic acids is 1. The summed E-state index contributed by atoms with van der Waals surface area (Å²) in [4.78, 5) is 14.1. The van der Waals surface area contributed by atoms with Crippen molar-refractivity contribution in [3.63, 3.8) is 0 Å². The fourth-order valence-corrected chi connectivity index (χ4v) is 3.66. The Hall–Kier alpha value is -2.58. The number of piperidine rings is 1. The van der Waals surface area contributed by atoms with Crippen LogP contribution < -0.4 is 10.1 Å². The molecule has 1 saturated heterocycles. The Balaban J connectivity index is 1.55. The molecule has 1 heterocycles. The van der Waals surface area contributed by atoms with Crippen molar-refractivity contribution in [1.82, 2.24) is 4.90 Å². The van der Waals surface area contributed by atoms with E-state index in [-0.39, 0.29) is 25.4 Å². The van der Waals surface area contributed by atoms with Gasteiger partial charge < -0.3 is 15.2 Å². The van der Waals surface area contributed by atoms with Crippen molar-refractivity contribution in [2.45, 2.75) is 38.5 Å². The standard InChI is InChI=1S/C23H27F3N2O3/c1-16-7-8-20(11-17(16)2)31-15-22(30)9-4-10-28(14-22)13-21(29)27-19-6-3-5-18(12-19)23(24,25)26/h3,5-8,11-12,30H,4,9-10,13-15H2,1-2H3,(H,27,29). The number of nitrogens with one attached hydrogen (secondary N) is 1. The van der Waals surface area contributed by atoms with Crippen LogP contribution in [0, 0.1) is 13.8 Å². The minimum Gasteiger partial charge on any atom is -0.491 e. The van der Waals surface area contributed by atoms with Gasteiger partial charge in [0, 0.05) is 12.2 Å². The second-order valence-electron chi connectivity index (χ2n) is 8.20. The van der Waals surface area contributed by atoms with E-state index < -0.39 is 23.2 Å². The molecule has 0 aliphatic carbocycles. The number of halogens is 3. The molecule has 31 heavy (non-hydrogen) atoms. The summed E-state index contributed by atoms with van der Waals surface area (Å²) in [5.74, 6) is 0.245. The van der Waals surface area contributed by atoms with Gasteiger partial charge in [0.1, 0.15) is 18.0 Å². The summed E-state index contributed by atoms with van der Waals surface area (Å²) in [6, 6.07) is 10.3. The van der Waals surface area contributed by atoms with Crippen molar-refractivity contribution in [2.75, 3.05) is 31.6 Å². The molecule has 1 amide bonds. The Labute approximate surface area is 179 Å². The molecule has 168 valence electrons. The summed E-state index contributed by atoms with van der Waals surface area (Å²) >= 11 is 0.